The lowest BCUT2D eigenvalue weighted by Gasteiger charge is -2.36. The van der Waals surface area contributed by atoms with Crippen LogP contribution in [0.5, 0.6) is 0 Å². The number of morpholine rings is 1. The molecule has 1 aromatic rings. The molecule has 0 saturated carbocycles. The van der Waals surface area contributed by atoms with Crippen LogP contribution in [0.1, 0.15) is 18.4 Å². The molecule has 152 valence electrons. The van der Waals surface area contributed by atoms with Crippen molar-refractivity contribution >= 4 is 28.3 Å². The second kappa shape index (κ2) is 9.84. The molecule has 7 nitrogen and oxygen atoms in total. The molecule has 2 saturated heterocycles. The first-order valence-electron chi connectivity index (χ1n) is 9.13. The number of benzene rings is 1. The molecule has 2 fully saturated rings. The summed E-state index contributed by atoms with van der Waals surface area (Å²) in [7, 11) is -3.52. The Morgan fingerprint density at radius 1 is 1.33 bits per heavy atom. The summed E-state index contributed by atoms with van der Waals surface area (Å²) < 4.78 is 33.1. The number of rotatable bonds is 5. The van der Waals surface area contributed by atoms with Gasteiger partial charge >= 0.3 is 0 Å². The monoisotopic (exact) mass is 417 g/mol. The van der Waals surface area contributed by atoms with Gasteiger partial charge in [0.25, 0.3) is 5.91 Å². The highest BCUT2D eigenvalue weighted by Crippen LogP contribution is 2.19. The lowest BCUT2D eigenvalue weighted by atomic mass is 9.98. The average Bonchev–Trinajstić information content (AvgIpc) is 2.67. The minimum atomic E-state index is -3.52. The highest BCUT2D eigenvalue weighted by molar-refractivity contribution is 7.89. The molecule has 2 heterocycles. The van der Waals surface area contributed by atoms with Crippen LogP contribution in [-0.2, 0) is 19.6 Å². The van der Waals surface area contributed by atoms with Gasteiger partial charge in [-0.2, -0.15) is 0 Å². The number of ether oxygens (including phenoxy) is 1. The Hall–Kier alpha value is -1.19. The van der Waals surface area contributed by atoms with Crippen molar-refractivity contribution in [3.63, 3.8) is 0 Å². The molecule has 2 unspecified atom stereocenters. The summed E-state index contributed by atoms with van der Waals surface area (Å²) >= 11 is 0. The van der Waals surface area contributed by atoms with Crippen molar-refractivity contribution < 1.29 is 17.9 Å². The van der Waals surface area contributed by atoms with Gasteiger partial charge in [0, 0.05) is 32.7 Å². The summed E-state index contributed by atoms with van der Waals surface area (Å²) in [6.45, 7) is 5.39. The van der Waals surface area contributed by atoms with Gasteiger partial charge in [-0.05, 0) is 37.8 Å². The number of carbonyl (C=O) groups is 1. The number of aryl methyl sites for hydroxylation is 1. The van der Waals surface area contributed by atoms with E-state index in [1.165, 1.54) is 0 Å². The SMILES string of the molecule is Cc1ccc(S(=O)(=O)NCC2CCCN(C(=O)C3CNCCO3)C2)cc1.Cl. The predicted molar refractivity (Wildman–Crippen MR) is 106 cm³/mol. The van der Waals surface area contributed by atoms with Crippen LogP contribution in [0.4, 0.5) is 0 Å². The quantitative estimate of drug-likeness (QED) is 0.743. The Balaban J connectivity index is 0.00000261. The molecule has 2 aliphatic rings. The molecular weight excluding hydrogens is 390 g/mol. The third kappa shape index (κ3) is 5.89. The number of hydrogen-bond donors (Lipinski definition) is 2. The summed E-state index contributed by atoms with van der Waals surface area (Å²) in [5, 5.41) is 3.17. The first kappa shape index (κ1) is 22.1. The van der Waals surface area contributed by atoms with E-state index in [1.54, 1.807) is 24.3 Å². The molecule has 0 aromatic heterocycles. The number of carbonyl (C=O) groups excluding carboxylic acids is 1. The van der Waals surface area contributed by atoms with E-state index in [1.807, 2.05) is 11.8 Å². The van der Waals surface area contributed by atoms with Gasteiger partial charge in [-0.15, -0.1) is 12.4 Å². The Morgan fingerprint density at radius 2 is 2.07 bits per heavy atom. The van der Waals surface area contributed by atoms with Crippen LogP contribution in [0.3, 0.4) is 0 Å². The van der Waals surface area contributed by atoms with E-state index in [9.17, 15) is 13.2 Å². The van der Waals surface area contributed by atoms with Gasteiger partial charge in [0.1, 0.15) is 6.10 Å². The average molecular weight is 418 g/mol. The van der Waals surface area contributed by atoms with Gasteiger partial charge in [-0.25, -0.2) is 13.1 Å². The maximum atomic E-state index is 12.6. The lowest BCUT2D eigenvalue weighted by molar-refractivity contribution is -0.147. The molecular formula is C18H28ClN3O4S. The highest BCUT2D eigenvalue weighted by atomic mass is 35.5. The fraction of sp³-hybridized carbons (Fsp3) is 0.611. The highest BCUT2D eigenvalue weighted by Gasteiger charge is 2.31. The van der Waals surface area contributed by atoms with Crippen LogP contribution >= 0.6 is 12.4 Å². The van der Waals surface area contributed by atoms with E-state index in [-0.39, 0.29) is 29.1 Å². The fourth-order valence-corrected chi connectivity index (χ4v) is 4.50. The van der Waals surface area contributed by atoms with Gasteiger partial charge in [0.15, 0.2) is 0 Å². The van der Waals surface area contributed by atoms with E-state index in [2.05, 4.69) is 10.0 Å². The zero-order valence-corrected chi connectivity index (χ0v) is 17.2. The van der Waals surface area contributed by atoms with Crippen LogP contribution < -0.4 is 10.0 Å². The lowest BCUT2D eigenvalue weighted by Crippen LogP contribution is -2.52. The molecule has 9 heteroatoms. The molecule has 2 atom stereocenters. The fourth-order valence-electron chi connectivity index (χ4n) is 3.39. The van der Waals surface area contributed by atoms with Gasteiger partial charge in [0.2, 0.25) is 10.0 Å². The molecule has 1 aromatic carbocycles. The second-order valence-electron chi connectivity index (χ2n) is 7.02. The van der Waals surface area contributed by atoms with E-state index in [0.717, 1.165) is 24.9 Å². The number of hydrogen-bond acceptors (Lipinski definition) is 5. The van der Waals surface area contributed by atoms with Crippen LogP contribution in [0.25, 0.3) is 0 Å². The minimum Gasteiger partial charge on any atom is -0.366 e. The van der Waals surface area contributed by atoms with Crippen molar-refractivity contribution in [3.8, 4) is 0 Å². The van der Waals surface area contributed by atoms with Crippen LogP contribution in [0, 0.1) is 12.8 Å². The zero-order valence-electron chi connectivity index (χ0n) is 15.5. The van der Waals surface area contributed by atoms with Crippen LogP contribution in [0.15, 0.2) is 29.2 Å². The molecule has 3 rings (SSSR count). The molecule has 1 amide bonds. The largest absolute Gasteiger partial charge is 0.366 e. The Kier molecular flexibility index (Phi) is 8.05. The number of halogens is 1. The second-order valence-corrected chi connectivity index (χ2v) is 8.79. The van der Waals surface area contributed by atoms with Crippen molar-refractivity contribution in [3.05, 3.63) is 29.8 Å². The number of nitrogens with one attached hydrogen (secondary N) is 2. The Labute approximate surface area is 167 Å². The summed E-state index contributed by atoms with van der Waals surface area (Å²) in [6, 6.07) is 6.80. The zero-order chi connectivity index (χ0) is 18.6. The molecule has 0 radical (unpaired) electrons. The van der Waals surface area contributed by atoms with Gasteiger partial charge in [0.05, 0.1) is 11.5 Å². The molecule has 2 N–H and O–H groups in total. The summed E-state index contributed by atoms with van der Waals surface area (Å²) in [6.07, 6.45) is 1.36. The third-order valence-electron chi connectivity index (χ3n) is 4.93. The number of likely N-dealkylation sites (tertiary alicyclic amines) is 1. The van der Waals surface area contributed by atoms with Crippen molar-refractivity contribution in [2.45, 2.75) is 30.8 Å². The van der Waals surface area contributed by atoms with Crippen molar-refractivity contribution in [1.82, 2.24) is 14.9 Å². The number of nitrogens with zero attached hydrogens (tertiary/aromatic N) is 1. The minimum absolute atomic E-state index is 0. The summed E-state index contributed by atoms with van der Waals surface area (Å²) in [5.41, 5.74) is 1.02. The topological polar surface area (TPSA) is 87.7 Å². The van der Waals surface area contributed by atoms with Gasteiger partial charge in [-0.3, -0.25) is 4.79 Å². The van der Waals surface area contributed by atoms with Crippen LogP contribution in [-0.4, -0.2) is 64.7 Å². The smallest absolute Gasteiger partial charge is 0.253 e. The van der Waals surface area contributed by atoms with E-state index in [4.69, 9.17) is 4.74 Å². The standard InChI is InChI=1S/C18H27N3O4S.ClH/c1-14-4-6-16(7-5-14)26(23,24)20-11-15-3-2-9-21(13-15)18(22)17-12-19-8-10-25-17;/h4-7,15,17,19-20H,2-3,8-13H2,1H3;1H. The molecule has 0 bridgehead atoms. The van der Waals surface area contributed by atoms with Crippen molar-refractivity contribution in [2.75, 3.05) is 39.3 Å². The maximum absolute atomic E-state index is 12.6. The Bertz CT molecular complexity index is 721. The number of amides is 1. The van der Waals surface area contributed by atoms with Crippen molar-refractivity contribution in [2.24, 2.45) is 5.92 Å². The van der Waals surface area contributed by atoms with Gasteiger partial charge in [-0.1, -0.05) is 17.7 Å². The number of piperidine rings is 1. The Morgan fingerprint density at radius 3 is 2.74 bits per heavy atom. The van der Waals surface area contributed by atoms with E-state index >= 15 is 0 Å². The molecule has 0 aliphatic carbocycles. The summed E-state index contributed by atoms with van der Waals surface area (Å²) in [4.78, 5) is 14.7. The first-order valence-corrected chi connectivity index (χ1v) is 10.6. The van der Waals surface area contributed by atoms with E-state index < -0.39 is 16.1 Å². The molecule has 27 heavy (non-hydrogen) atoms. The molecule has 0 spiro atoms. The van der Waals surface area contributed by atoms with Gasteiger partial charge < -0.3 is 15.0 Å². The summed E-state index contributed by atoms with van der Waals surface area (Å²) in [5.74, 6) is 0.118. The molecule has 2 aliphatic heterocycles. The van der Waals surface area contributed by atoms with Crippen molar-refractivity contribution in [1.29, 1.82) is 0 Å². The van der Waals surface area contributed by atoms with E-state index in [0.29, 0.717) is 32.8 Å². The first-order chi connectivity index (χ1) is 12.5. The normalized spacial score (nSPS) is 23.5. The maximum Gasteiger partial charge on any atom is 0.253 e. The number of sulfonamides is 1. The predicted octanol–water partition coefficient (Wildman–Crippen LogP) is 0.922. The van der Waals surface area contributed by atoms with Crippen LogP contribution in [0.2, 0.25) is 0 Å². The third-order valence-corrected chi connectivity index (χ3v) is 6.37.